The molecule has 0 bridgehead atoms. The van der Waals surface area contributed by atoms with Crippen molar-refractivity contribution in [2.24, 2.45) is 5.92 Å². The number of carbonyl (C=O) groups excluding carboxylic acids is 1. The summed E-state index contributed by atoms with van der Waals surface area (Å²) in [4.78, 5) is 11.7. The van der Waals surface area contributed by atoms with Crippen LogP contribution in [0.15, 0.2) is 30.3 Å². The molecule has 1 amide bonds. The van der Waals surface area contributed by atoms with Gasteiger partial charge in [-0.15, -0.1) is 0 Å². The Morgan fingerprint density at radius 3 is 2.79 bits per heavy atom. The third-order valence-electron chi connectivity index (χ3n) is 3.52. The Hall–Kier alpha value is -1.68. The number of hydrogen-bond donors (Lipinski definition) is 2. The molecule has 0 radical (unpaired) electrons. The minimum atomic E-state index is -0.293. The lowest BCUT2D eigenvalue weighted by atomic mass is 10.1. The topological polar surface area (TPSA) is 49.3 Å². The van der Waals surface area contributed by atoms with E-state index in [2.05, 4.69) is 5.32 Å². The normalized spacial score (nSPS) is 22.8. The van der Waals surface area contributed by atoms with E-state index in [-0.39, 0.29) is 30.3 Å². The quantitative estimate of drug-likeness (QED) is 0.817. The molecule has 2 N–H and O–H groups in total. The first-order valence-corrected chi connectivity index (χ1v) is 6.54. The van der Waals surface area contributed by atoms with Crippen molar-refractivity contribution in [3.63, 3.8) is 0 Å². The number of amides is 1. The molecule has 102 valence electrons. The van der Waals surface area contributed by atoms with E-state index >= 15 is 0 Å². The fraction of sp³-hybridized carbons (Fsp3) is 0.400. The third-order valence-corrected chi connectivity index (χ3v) is 3.52. The van der Waals surface area contributed by atoms with Gasteiger partial charge in [0, 0.05) is 24.6 Å². The molecular formula is C15H18FNO2. The second-order valence-electron chi connectivity index (χ2n) is 4.87. The highest BCUT2D eigenvalue weighted by Gasteiger charge is 2.27. The molecular weight excluding hydrogens is 245 g/mol. The van der Waals surface area contributed by atoms with Gasteiger partial charge in [-0.25, -0.2) is 4.39 Å². The summed E-state index contributed by atoms with van der Waals surface area (Å²) in [5.74, 6) is -0.295. The lowest BCUT2D eigenvalue weighted by Crippen LogP contribution is -2.37. The number of carbonyl (C=O) groups is 1. The number of benzene rings is 1. The van der Waals surface area contributed by atoms with Gasteiger partial charge < -0.3 is 10.4 Å². The first kappa shape index (κ1) is 13.7. The molecule has 3 nitrogen and oxygen atoms in total. The number of rotatable bonds is 4. The van der Waals surface area contributed by atoms with Crippen molar-refractivity contribution in [3.8, 4) is 0 Å². The van der Waals surface area contributed by atoms with Gasteiger partial charge in [-0.2, -0.15) is 0 Å². The van der Waals surface area contributed by atoms with Gasteiger partial charge in [0.1, 0.15) is 5.82 Å². The van der Waals surface area contributed by atoms with Crippen LogP contribution in [0.4, 0.5) is 4.39 Å². The Morgan fingerprint density at radius 1 is 1.37 bits per heavy atom. The molecule has 2 atom stereocenters. The van der Waals surface area contributed by atoms with Crippen LogP contribution < -0.4 is 5.32 Å². The van der Waals surface area contributed by atoms with Gasteiger partial charge in [0.15, 0.2) is 0 Å². The summed E-state index contributed by atoms with van der Waals surface area (Å²) in [7, 11) is 0. The second-order valence-corrected chi connectivity index (χ2v) is 4.87. The van der Waals surface area contributed by atoms with E-state index in [9.17, 15) is 14.3 Å². The number of nitrogens with one attached hydrogen (secondary N) is 1. The van der Waals surface area contributed by atoms with E-state index in [1.54, 1.807) is 18.2 Å². The Morgan fingerprint density at radius 2 is 2.11 bits per heavy atom. The number of halogens is 1. The van der Waals surface area contributed by atoms with Crippen molar-refractivity contribution >= 4 is 12.0 Å². The van der Waals surface area contributed by atoms with E-state index < -0.39 is 0 Å². The van der Waals surface area contributed by atoms with Gasteiger partial charge in [0.2, 0.25) is 5.91 Å². The molecule has 2 unspecified atom stereocenters. The Balaban J connectivity index is 1.88. The maximum Gasteiger partial charge on any atom is 0.244 e. The highest BCUT2D eigenvalue weighted by molar-refractivity contribution is 5.91. The monoisotopic (exact) mass is 263 g/mol. The highest BCUT2D eigenvalue weighted by Crippen LogP contribution is 2.24. The minimum Gasteiger partial charge on any atom is -0.396 e. The van der Waals surface area contributed by atoms with Crippen LogP contribution in [0, 0.1) is 11.7 Å². The largest absolute Gasteiger partial charge is 0.396 e. The summed E-state index contributed by atoms with van der Waals surface area (Å²) in [5.41, 5.74) is 0.779. The van der Waals surface area contributed by atoms with Crippen LogP contribution >= 0.6 is 0 Å². The van der Waals surface area contributed by atoms with Crippen molar-refractivity contribution in [1.82, 2.24) is 5.32 Å². The lowest BCUT2D eigenvalue weighted by molar-refractivity contribution is -0.117. The Kier molecular flexibility index (Phi) is 4.68. The molecule has 0 heterocycles. The van der Waals surface area contributed by atoms with Crippen molar-refractivity contribution in [2.75, 3.05) is 6.61 Å². The second kappa shape index (κ2) is 6.48. The molecule has 1 saturated carbocycles. The molecule has 1 aliphatic carbocycles. The van der Waals surface area contributed by atoms with Gasteiger partial charge in [-0.1, -0.05) is 18.6 Å². The summed E-state index contributed by atoms with van der Waals surface area (Å²) < 4.78 is 12.7. The van der Waals surface area contributed by atoms with Crippen molar-refractivity contribution in [1.29, 1.82) is 0 Å². The molecule has 0 spiro atoms. The average molecular weight is 263 g/mol. The molecule has 1 fully saturated rings. The first-order valence-electron chi connectivity index (χ1n) is 6.54. The van der Waals surface area contributed by atoms with E-state index in [1.165, 1.54) is 18.2 Å². The van der Waals surface area contributed by atoms with Gasteiger partial charge in [-0.05, 0) is 36.6 Å². The lowest BCUT2D eigenvalue weighted by Gasteiger charge is -2.17. The number of aliphatic hydroxyl groups is 1. The summed E-state index contributed by atoms with van der Waals surface area (Å²) >= 11 is 0. The summed E-state index contributed by atoms with van der Waals surface area (Å²) in [5, 5.41) is 12.1. The van der Waals surface area contributed by atoms with Gasteiger partial charge in [-0.3, -0.25) is 4.79 Å². The summed E-state index contributed by atoms with van der Waals surface area (Å²) in [6.07, 6.45) is 6.01. The van der Waals surface area contributed by atoms with Gasteiger partial charge in [0.25, 0.3) is 0 Å². The summed E-state index contributed by atoms with van der Waals surface area (Å²) in [6, 6.07) is 6.01. The molecule has 1 aliphatic rings. The van der Waals surface area contributed by atoms with Gasteiger partial charge in [0.05, 0.1) is 0 Å². The molecule has 0 aliphatic heterocycles. The van der Waals surface area contributed by atoms with Crippen molar-refractivity contribution in [2.45, 2.75) is 25.3 Å². The van der Waals surface area contributed by atoms with Crippen LogP contribution in [0.5, 0.6) is 0 Å². The van der Waals surface area contributed by atoms with Crippen LogP contribution in [0.2, 0.25) is 0 Å². The van der Waals surface area contributed by atoms with Crippen molar-refractivity contribution < 1.29 is 14.3 Å². The van der Waals surface area contributed by atoms with Crippen LogP contribution in [-0.2, 0) is 4.79 Å². The molecule has 1 aromatic carbocycles. The average Bonchev–Trinajstić information content (AvgIpc) is 2.85. The maximum atomic E-state index is 12.7. The molecule has 0 saturated heterocycles. The van der Waals surface area contributed by atoms with E-state index in [1.807, 2.05) is 0 Å². The number of hydrogen-bond acceptors (Lipinski definition) is 2. The number of aliphatic hydroxyl groups excluding tert-OH is 1. The molecule has 19 heavy (non-hydrogen) atoms. The fourth-order valence-corrected chi connectivity index (χ4v) is 2.42. The fourth-order valence-electron chi connectivity index (χ4n) is 2.42. The molecule has 4 heteroatoms. The smallest absolute Gasteiger partial charge is 0.244 e. The predicted octanol–water partition coefficient (Wildman–Crippen LogP) is 2.12. The van der Waals surface area contributed by atoms with Crippen LogP contribution in [0.25, 0.3) is 6.08 Å². The van der Waals surface area contributed by atoms with E-state index in [0.29, 0.717) is 0 Å². The molecule has 1 aromatic rings. The van der Waals surface area contributed by atoms with Gasteiger partial charge >= 0.3 is 0 Å². The molecule has 2 rings (SSSR count). The maximum absolute atomic E-state index is 12.7. The SMILES string of the molecule is O=C(/C=C/c1ccc(F)cc1)NC1CCCC1CO. The molecule has 0 aromatic heterocycles. The zero-order chi connectivity index (χ0) is 13.7. The van der Waals surface area contributed by atoms with Crippen molar-refractivity contribution in [3.05, 3.63) is 41.7 Å². The van der Waals surface area contributed by atoms with Crippen LogP contribution in [0.1, 0.15) is 24.8 Å². The van der Waals surface area contributed by atoms with E-state index in [0.717, 1.165) is 24.8 Å². The van der Waals surface area contributed by atoms with E-state index in [4.69, 9.17) is 0 Å². The zero-order valence-electron chi connectivity index (χ0n) is 10.7. The standard InChI is InChI=1S/C15H18FNO2/c16-13-7-4-11(5-8-13)6-9-15(19)17-14-3-1-2-12(14)10-18/h4-9,12,14,18H,1-3,10H2,(H,17,19)/b9-6+. The Bertz CT molecular complexity index is 456. The zero-order valence-corrected chi connectivity index (χ0v) is 10.7. The predicted molar refractivity (Wildman–Crippen MR) is 71.8 cm³/mol. The van der Waals surface area contributed by atoms with Crippen LogP contribution in [-0.4, -0.2) is 23.7 Å². The summed E-state index contributed by atoms with van der Waals surface area (Å²) in [6.45, 7) is 0.118. The highest BCUT2D eigenvalue weighted by atomic mass is 19.1. The first-order chi connectivity index (χ1) is 9.19. The van der Waals surface area contributed by atoms with Crippen LogP contribution in [0.3, 0.4) is 0 Å². The minimum absolute atomic E-state index is 0.0652. The third kappa shape index (κ3) is 3.89. The Labute approximate surface area is 112 Å².